The van der Waals surface area contributed by atoms with Crippen LogP contribution in [0, 0.1) is 23.2 Å². The van der Waals surface area contributed by atoms with Crippen LogP contribution in [-0.2, 0) is 14.4 Å². The zero-order chi connectivity index (χ0) is 22.9. The van der Waals surface area contributed by atoms with Crippen LogP contribution in [0.1, 0.15) is 51.9 Å². The molecule has 6 nitrogen and oxygen atoms in total. The van der Waals surface area contributed by atoms with Crippen LogP contribution >= 0.6 is 23.2 Å². The molecule has 174 valence electrons. The number of benzene rings is 1. The third kappa shape index (κ3) is 5.23. The molecule has 0 heterocycles. The summed E-state index contributed by atoms with van der Waals surface area (Å²) in [5.74, 6) is 1.63. The molecule has 0 unspecified atom stereocenters. The zero-order valence-corrected chi connectivity index (χ0v) is 20.0. The Morgan fingerprint density at radius 1 is 1.00 bits per heavy atom. The predicted molar refractivity (Wildman–Crippen MR) is 126 cm³/mol. The summed E-state index contributed by atoms with van der Waals surface area (Å²) in [4.78, 5) is 39.2. The molecule has 2 N–H and O–H groups in total. The Labute approximate surface area is 199 Å². The van der Waals surface area contributed by atoms with Gasteiger partial charge in [0.2, 0.25) is 17.7 Å². The number of rotatable bonds is 8. The van der Waals surface area contributed by atoms with Crippen molar-refractivity contribution < 1.29 is 14.4 Å². The molecule has 5 rings (SSSR count). The molecule has 1 aromatic rings. The smallest absolute Gasteiger partial charge is 0.244 e. The molecule has 0 radical (unpaired) electrons. The third-order valence-corrected chi connectivity index (χ3v) is 8.06. The Kier molecular flexibility index (Phi) is 7.01. The highest BCUT2D eigenvalue weighted by Gasteiger charge is 2.51. The normalized spacial score (nSPS) is 27.8. The zero-order valence-electron chi connectivity index (χ0n) is 18.5. The van der Waals surface area contributed by atoms with E-state index in [1.54, 1.807) is 25.1 Å². The van der Waals surface area contributed by atoms with E-state index in [1.807, 2.05) is 0 Å². The summed E-state index contributed by atoms with van der Waals surface area (Å²) < 4.78 is 0. The van der Waals surface area contributed by atoms with Crippen LogP contribution in [0.4, 0.5) is 5.69 Å². The lowest BCUT2D eigenvalue weighted by molar-refractivity contribution is -0.136. The van der Waals surface area contributed by atoms with Crippen LogP contribution in [-0.4, -0.2) is 42.3 Å². The lowest BCUT2D eigenvalue weighted by Crippen LogP contribution is -2.49. The topological polar surface area (TPSA) is 78.5 Å². The van der Waals surface area contributed by atoms with E-state index in [-0.39, 0.29) is 30.3 Å². The van der Waals surface area contributed by atoms with Crippen molar-refractivity contribution >= 4 is 46.6 Å². The van der Waals surface area contributed by atoms with Crippen molar-refractivity contribution in [1.29, 1.82) is 0 Å². The van der Waals surface area contributed by atoms with E-state index in [9.17, 15) is 14.4 Å². The highest BCUT2D eigenvalue weighted by atomic mass is 35.5. The average Bonchev–Trinajstić information content (AvgIpc) is 2.71. The van der Waals surface area contributed by atoms with Crippen molar-refractivity contribution in [2.45, 2.75) is 51.9 Å². The third-order valence-electron chi connectivity index (χ3n) is 7.43. The van der Waals surface area contributed by atoms with Gasteiger partial charge in [0.15, 0.2) is 0 Å². The highest BCUT2D eigenvalue weighted by Crippen LogP contribution is 2.61. The first-order valence-corrected chi connectivity index (χ1v) is 12.3. The van der Waals surface area contributed by atoms with Gasteiger partial charge in [-0.05, 0) is 80.8 Å². The van der Waals surface area contributed by atoms with Gasteiger partial charge in [-0.3, -0.25) is 14.4 Å². The number of nitrogens with one attached hydrogen (secondary N) is 2. The highest BCUT2D eigenvalue weighted by molar-refractivity contribution is 6.39. The molecule has 1 aromatic carbocycles. The van der Waals surface area contributed by atoms with Crippen LogP contribution < -0.4 is 10.6 Å². The minimum Gasteiger partial charge on any atom is -0.347 e. The Bertz CT molecular complexity index is 849. The first kappa shape index (κ1) is 23.4. The van der Waals surface area contributed by atoms with Crippen LogP contribution in [0.3, 0.4) is 0 Å². The van der Waals surface area contributed by atoms with Crippen LogP contribution in [0.15, 0.2) is 18.2 Å². The van der Waals surface area contributed by atoms with E-state index >= 15 is 0 Å². The van der Waals surface area contributed by atoms with Gasteiger partial charge in [0, 0.05) is 13.0 Å². The number of likely N-dealkylation sites (N-methyl/N-ethyl adjacent to an activating group) is 1. The Balaban J connectivity index is 1.26. The van der Waals surface area contributed by atoms with Crippen LogP contribution in [0.2, 0.25) is 10.0 Å². The number of para-hydroxylation sites is 1. The summed E-state index contributed by atoms with van der Waals surface area (Å²) in [6.45, 7) is 1.92. The maximum Gasteiger partial charge on any atom is 0.244 e. The molecule has 0 spiro atoms. The van der Waals surface area contributed by atoms with Gasteiger partial charge in [0.05, 0.1) is 28.8 Å². The molecule has 4 bridgehead atoms. The van der Waals surface area contributed by atoms with Gasteiger partial charge in [0.1, 0.15) is 0 Å². The van der Waals surface area contributed by atoms with Gasteiger partial charge in [-0.15, -0.1) is 0 Å². The van der Waals surface area contributed by atoms with E-state index in [0.717, 1.165) is 37.0 Å². The molecule has 8 heteroatoms. The largest absolute Gasteiger partial charge is 0.347 e. The maximum absolute atomic E-state index is 12.7. The SMILES string of the molecule is CCN(CC(=O)Nc1c(Cl)cccc1Cl)C(=O)CNC(=O)CC12CC3CC(CC(C3)C1)C2. The lowest BCUT2D eigenvalue weighted by Gasteiger charge is -2.56. The first-order valence-electron chi connectivity index (χ1n) is 11.6. The summed E-state index contributed by atoms with van der Waals surface area (Å²) in [5.41, 5.74) is 0.466. The van der Waals surface area contributed by atoms with Gasteiger partial charge < -0.3 is 15.5 Å². The summed E-state index contributed by atoms with van der Waals surface area (Å²) in [6, 6.07) is 4.95. The van der Waals surface area contributed by atoms with Crippen LogP contribution in [0.5, 0.6) is 0 Å². The number of halogens is 2. The van der Waals surface area contributed by atoms with Crippen molar-refractivity contribution in [2.75, 3.05) is 25.0 Å². The summed E-state index contributed by atoms with van der Waals surface area (Å²) in [5, 5.41) is 6.14. The van der Waals surface area contributed by atoms with E-state index in [1.165, 1.54) is 24.2 Å². The molecule has 0 atom stereocenters. The van der Waals surface area contributed by atoms with E-state index in [4.69, 9.17) is 23.2 Å². The number of carbonyl (C=O) groups is 3. The molecule has 32 heavy (non-hydrogen) atoms. The van der Waals surface area contributed by atoms with E-state index in [0.29, 0.717) is 28.7 Å². The molecule has 4 aliphatic carbocycles. The van der Waals surface area contributed by atoms with Gasteiger partial charge in [-0.2, -0.15) is 0 Å². The summed E-state index contributed by atoms with van der Waals surface area (Å²) in [6.07, 6.45) is 8.01. The van der Waals surface area contributed by atoms with Crippen molar-refractivity contribution in [3.05, 3.63) is 28.2 Å². The Hall–Kier alpha value is -1.79. The number of nitrogens with zero attached hydrogens (tertiary/aromatic N) is 1. The van der Waals surface area contributed by atoms with Crippen molar-refractivity contribution in [2.24, 2.45) is 23.2 Å². The second-order valence-electron chi connectivity index (χ2n) is 9.92. The van der Waals surface area contributed by atoms with Gasteiger partial charge in [-0.1, -0.05) is 29.3 Å². The fourth-order valence-electron chi connectivity index (χ4n) is 6.54. The summed E-state index contributed by atoms with van der Waals surface area (Å²) in [7, 11) is 0. The molecule has 4 saturated carbocycles. The Morgan fingerprint density at radius 2 is 1.56 bits per heavy atom. The fourth-order valence-corrected chi connectivity index (χ4v) is 7.03. The minimum absolute atomic E-state index is 0.0522. The summed E-state index contributed by atoms with van der Waals surface area (Å²) >= 11 is 12.2. The molecule has 0 aliphatic heterocycles. The van der Waals surface area contributed by atoms with Crippen molar-refractivity contribution in [1.82, 2.24) is 10.2 Å². The second-order valence-corrected chi connectivity index (χ2v) is 10.7. The quantitative estimate of drug-likeness (QED) is 0.575. The van der Waals surface area contributed by atoms with Gasteiger partial charge in [0.25, 0.3) is 0 Å². The number of anilines is 1. The van der Waals surface area contributed by atoms with Gasteiger partial charge >= 0.3 is 0 Å². The molecular formula is C24H31Cl2N3O3. The lowest BCUT2D eigenvalue weighted by atomic mass is 9.49. The van der Waals surface area contributed by atoms with Crippen LogP contribution in [0.25, 0.3) is 0 Å². The monoisotopic (exact) mass is 479 g/mol. The second kappa shape index (κ2) is 9.60. The van der Waals surface area contributed by atoms with Gasteiger partial charge in [-0.25, -0.2) is 0 Å². The molecule has 0 saturated heterocycles. The van der Waals surface area contributed by atoms with E-state index in [2.05, 4.69) is 10.6 Å². The molecule has 4 fully saturated rings. The van der Waals surface area contributed by atoms with Crippen molar-refractivity contribution in [3.8, 4) is 0 Å². The fraction of sp³-hybridized carbons (Fsp3) is 0.625. The Morgan fingerprint density at radius 3 is 2.09 bits per heavy atom. The molecular weight excluding hydrogens is 449 g/mol. The standard InChI is InChI=1S/C24H31Cl2N3O3/c1-2-29(14-21(31)28-23-18(25)4-3-5-19(23)26)22(32)13-27-20(30)12-24-9-15-6-16(10-24)8-17(7-15)11-24/h3-5,15-17H,2,6-14H2,1H3,(H,27,30)(H,28,31). The first-order chi connectivity index (χ1) is 15.3. The van der Waals surface area contributed by atoms with Crippen molar-refractivity contribution in [3.63, 3.8) is 0 Å². The predicted octanol–water partition coefficient (Wildman–Crippen LogP) is 4.50. The van der Waals surface area contributed by atoms with E-state index < -0.39 is 5.91 Å². The number of hydrogen-bond donors (Lipinski definition) is 2. The number of hydrogen-bond acceptors (Lipinski definition) is 3. The minimum atomic E-state index is -0.393. The number of carbonyl (C=O) groups excluding carboxylic acids is 3. The number of amides is 3. The molecule has 0 aromatic heterocycles. The average molecular weight is 480 g/mol. The molecule has 4 aliphatic rings. The molecule has 3 amide bonds. The maximum atomic E-state index is 12.7.